The summed E-state index contributed by atoms with van der Waals surface area (Å²) in [5.74, 6) is -0.182. The maximum Gasteiger partial charge on any atom is 0.163 e. The fraction of sp³-hybridized carbons (Fsp3) is 0.250. The Bertz CT molecular complexity index is 406. The fourth-order valence-electron chi connectivity index (χ4n) is 1.35. The van der Waals surface area contributed by atoms with E-state index < -0.39 is 0 Å². The minimum atomic E-state index is -0.159. The zero-order chi connectivity index (χ0) is 11.4. The van der Waals surface area contributed by atoms with E-state index in [1.165, 1.54) is 13.0 Å². The van der Waals surface area contributed by atoms with E-state index in [2.05, 4.69) is 0 Å². The number of aromatic hydroxyl groups is 1. The predicted octanol–water partition coefficient (Wildman–Crippen LogP) is 1.91. The third-order valence-corrected chi connectivity index (χ3v) is 2.17. The molecule has 15 heavy (non-hydrogen) atoms. The van der Waals surface area contributed by atoms with Crippen LogP contribution < -0.4 is 0 Å². The van der Waals surface area contributed by atoms with Crippen molar-refractivity contribution in [1.82, 2.24) is 0 Å². The molecule has 0 saturated carbocycles. The summed E-state index contributed by atoms with van der Waals surface area (Å²) in [7, 11) is 0. The number of Topliss-reactive ketones (excluding diaryl/α,β-unsaturated/α-hetero) is 1. The smallest absolute Gasteiger partial charge is 0.163 e. The van der Waals surface area contributed by atoms with E-state index >= 15 is 0 Å². The van der Waals surface area contributed by atoms with Gasteiger partial charge in [-0.1, -0.05) is 12.2 Å². The molecule has 0 bridgehead atoms. The van der Waals surface area contributed by atoms with E-state index in [1.54, 1.807) is 18.2 Å². The Morgan fingerprint density at radius 2 is 2.13 bits per heavy atom. The quantitative estimate of drug-likeness (QED) is 0.743. The Morgan fingerprint density at radius 3 is 2.67 bits per heavy atom. The van der Waals surface area contributed by atoms with Gasteiger partial charge in [0.1, 0.15) is 5.75 Å². The van der Waals surface area contributed by atoms with E-state index in [9.17, 15) is 9.90 Å². The van der Waals surface area contributed by atoms with Gasteiger partial charge in [0, 0.05) is 0 Å². The molecule has 0 heterocycles. The van der Waals surface area contributed by atoms with Crippen LogP contribution in [0.3, 0.4) is 0 Å². The number of hydrogen-bond donors (Lipinski definition) is 2. The molecule has 1 aromatic carbocycles. The summed E-state index contributed by atoms with van der Waals surface area (Å²) in [5, 5.41) is 18.2. The summed E-state index contributed by atoms with van der Waals surface area (Å²) in [5.41, 5.74) is 2.02. The van der Waals surface area contributed by atoms with Crippen LogP contribution in [0.1, 0.15) is 28.4 Å². The lowest BCUT2D eigenvalue weighted by molar-refractivity contribution is 0.101. The number of aliphatic hydroxyl groups is 1. The molecule has 0 fully saturated rings. The number of ketones is 1. The number of aryl methyl sites for hydroxylation is 1. The molecular formula is C12H14O3. The van der Waals surface area contributed by atoms with Gasteiger partial charge in [0.15, 0.2) is 5.78 Å². The minimum Gasteiger partial charge on any atom is -0.507 e. The van der Waals surface area contributed by atoms with Gasteiger partial charge in [0.2, 0.25) is 0 Å². The van der Waals surface area contributed by atoms with Crippen LogP contribution in [-0.2, 0) is 0 Å². The fourth-order valence-corrected chi connectivity index (χ4v) is 1.35. The molecule has 0 aliphatic rings. The average molecular weight is 206 g/mol. The highest BCUT2D eigenvalue weighted by molar-refractivity contribution is 5.97. The van der Waals surface area contributed by atoms with Gasteiger partial charge in [-0.25, -0.2) is 0 Å². The van der Waals surface area contributed by atoms with Crippen LogP contribution in [0.5, 0.6) is 5.75 Å². The summed E-state index contributed by atoms with van der Waals surface area (Å²) < 4.78 is 0. The molecule has 0 amide bonds. The summed E-state index contributed by atoms with van der Waals surface area (Å²) in [4.78, 5) is 11.1. The lowest BCUT2D eigenvalue weighted by Crippen LogP contribution is -1.95. The molecule has 0 unspecified atom stereocenters. The second-order valence-corrected chi connectivity index (χ2v) is 3.37. The van der Waals surface area contributed by atoms with Gasteiger partial charge >= 0.3 is 0 Å². The molecule has 0 aromatic heterocycles. The third-order valence-electron chi connectivity index (χ3n) is 2.17. The van der Waals surface area contributed by atoms with Gasteiger partial charge < -0.3 is 10.2 Å². The molecule has 3 nitrogen and oxygen atoms in total. The maximum absolute atomic E-state index is 11.1. The van der Waals surface area contributed by atoms with Crippen molar-refractivity contribution in [2.45, 2.75) is 13.8 Å². The van der Waals surface area contributed by atoms with Crippen molar-refractivity contribution in [2.24, 2.45) is 0 Å². The van der Waals surface area contributed by atoms with E-state index in [4.69, 9.17) is 5.11 Å². The topological polar surface area (TPSA) is 57.5 Å². The largest absolute Gasteiger partial charge is 0.507 e. The minimum absolute atomic E-state index is 0.0225. The van der Waals surface area contributed by atoms with Crippen LogP contribution in [-0.4, -0.2) is 22.6 Å². The molecule has 0 aliphatic heterocycles. The summed E-state index contributed by atoms with van der Waals surface area (Å²) >= 11 is 0. The van der Waals surface area contributed by atoms with Crippen LogP contribution in [0.2, 0.25) is 0 Å². The van der Waals surface area contributed by atoms with Gasteiger partial charge in [-0.15, -0.1) is 0 Å². The number of carbonyl (C=O) groups excluding carboxylic acids is 1. The number of hydrogen-bond acceptors (Lipinski definition) is 3. The van der Waals surface area contributed by atoms with Gasteiger partial charge in [-0.3, -0.25) is 4.79 Å². The van der Waals surface area contributed by atoms with Crippen molar-refractivity contribution >= 4 is 11.9 Å². The number of rotatable bonds is 3. The molecule has 0 spiro atoms. The molecule has 0 radical (unpaired) electrons. The first-order valence-corrected chi connectivity index (χ1v) is 4.68. The summed E-state index contributed by atoms with van der Waals surface area (Å²) in [6.07, 6.45) is 3.29. The number of aliphatic hydroxyl groups excluding tert-OH is 1. The molecule has 2 N–H and O–H groups in total. The Labute approximate surface area is 88.7 Å². The van der Waals surface area contributed by atoms with Gasteiger partial charge in [0.25, 0.3) is 0 Å². The molecule has 1 aromatic rings. The van der Waals surface area contributed by atoms with E-state index in [0.717, 1.165) is 11.1 Å². The highest BCUT2D eigenvalue weighted by atomic mass is 16.3. The summed E-state index contributed by atoms with van der Waals surface area (Å²) in [6.45, 7) is 3.22. The number of benzene rings is 1. The zero-order valence-electron chi connectivity index (χ0n) is 8.82. The molecule has 80 valence electrons. The first kappa shape index (κ1) is 11.5. The second-order valence-electron chi connectivity index (χ2n) is 3.37. The predicted molar refractivity (Wildman–Crippen MR) is 59.0 cm³/mol. The van der Waals surface area contributed by atoms with Crippen molar-refractivity contribution in [3.05, 3.63) is 34.9 Å². The van der Waals surface area contributed by atoms with Gasteiger partial charge in [-0.05, 0) is 37.1 Å². The van der Waals surface area contributed by atoms with E-state index in [1.807, 2.05) is 6.92 Å². The highest BCUT2D eigenvalue weighted by Gasteiger charge is 2.08. The Kier molecular flexibility index (Phi) is 3.63. The van der Waals surface area contributed by atoms with Crippen molar-refractivity contribution in [2.75, 3.05) is 6.61 Å². The zero-order valence-corrected chi connectivity index (χ0v) is 8.82. The van der Waals surface area contributed by atoms with Crippen molar-refractivity contribution in [3.63, 3.8) is 0 Å². The monoisotopic (exact) mass is 206 g/mol. The van der Waals surface area contributed by atoms with E-state index in [0.29, 0.717) is 5.56 Å². The summed E-state index contributed by atoms with van der Waals surface area (Å²) in [6, 6.07) is 3.17. The molecule has 0 saturated heterocycles. The number of phenols is 1. The second kappa shape index (κ2) is 4.75. The van der Waals surface area contributed by atoms with Crippen LogP contribution in [0.4, 0.5) is 0 Å². The first-order valence-electron chi connectivity index (χ1n) is 4.68. The standard InChI is InChI=1S/C12H14O3/c1-8-6-11(9(2)14)12(15)7-10(8)4-3-5-13/h3-4,6-7,13,15H,5H2,1-2H3. The Hall–Kier alpha value is -1.61. The van der Waals surface area contributed by atoms with Crippen LogP contribution in [0.15, 0.2) is 18.2 Å². The lowest BCUT2D eigenvalue weighted by atomic mass is 10.0. The molecular weight excluding hydrogens is 192 g/mol. The number of carbonyl (C=O) groups is 1. The lowest BCUT2D eigenvalue weighted by Gasteiger charge is -2.05. The maximum atomic E-state index is 11.1. The van der Waals surface area contributed by atoms with Crippen molar-refractivity contribution in [1.29, 1.82) is 0 Å². The van der Waals surface area contributed by atoms with Crippen molar-refractivity contribution < 1.29 is 15.0 Å². The van der Waals surface area contributed by atoms with Crippen LogP contribution in [0, 0.1) is 6.92 Å². The normalized spacial score (nSPS) is 10.9. The third kappa shape index (κ3) is 2.67. The van der Waals surface area contributed by atoms with Gasteiger partial charge in [0.05, 0.1) is 12.2 Å². The molecule has 0 atom stereocenters. The Balaban J connectivity index is 3.19. The van der Waals surface area contributed by atoms with E-state index in [-0.39, 0.29) is 18.1 Å². The molecule has 1 rings (SSSR count). The SMILES string of the molecule is CC(=O)c1cc(C)c(C=CCO)cc1O. The average Bonchev–Trinajstić information content (AvgIpc) is 2.18. The van der Waals surface area contributed by atoms with Crippen molar-refractivity contribution in [3.8, 4) is 5.75 Å². The first-order chi connectivity index (χ1) is 7.06. The molecule has 3 heteroatoms. The molecule has 0 aliphatic carbocycles. The van der Waals surface area contributed by atoms with Gasteiger partial charge in [-0.2, -0.15) is 0 Å². The number of phenolic OH excluding ortho intramolecular Hbond substituents is 1. The Morgan fingerprint density at radius 1 is 1.47 bits per heavy atom. The van der Waals surface area contributed by atoms with Crippen LogP contribution in [0.25, 0.3) is 6.08 Å². The highest BCUT2D eigenvalue weighted by Crippen LogP contribution is 2.23. The van der Waals surface area contributed by atoms with Crippen LogP contribution >= 0.6 is 0 Å².